The summed E-state index contributed by atoms with van der Waals surface area (Å²) in [7, 11) is 0. The van der Waals surface area contributed by atoms with Crippen molar-refractivity contribution in [1.82, 2.24) is 0 Å². The number of nitrogens with zero attached hydrogens (tertiary/aromatic N) is 1. The van der Waals surface area contributed by atoms with Gasteiger partial charge in [-0.25, -0.2) is 4.99 Å². The van der Waals surface area contributed by atoms with E-state index < -0.39 is 0 Å². The van der Waals surface area contributed by atoms with Crippen molar-refractivity contribution in [2.75, 3.05) is 5.32 Å². The fourth-order valence-corrected chi connectivity index (χ4v) is 4.61. The first-order valence-electron chi connectivity index (χ1n) is 7.59. The fraction of sp³-hybridized carbons (Fsp3) is 0.588. The third kappa shape index (κ3) is 1.38. The maximum Gasteiger partial charge on any atom is 0.289 e. The predicted octanol–water partition coefficient (Wildman–Crippen LogP) is 3.68. The summed E-state index contributed by atoms with van der Waals surface area (Å²) in [6.45, 7) is 7.18. The summed E-state index contributed by atoms with van der Waals surface area (Å²) in [5.41, 5.74) is 1.64. The van der Waals surface area contributed by atoms with Crippen LogP contribution >= 0.6 is 0 Å². The highest BCUT2D eigenvalue weighted by atomic mass is 16.5. The van der Waals surface area contributed by atoms with E-state index in [-0.39, 0.29) is 11.5 Å². The quantitative estimate of drug-likeness (QED) is 0.844. The number of rotatable bonds is 1. The zero-order valence-electron chi connectivity index (χ0n) is 12.4. The lowest BCUT2D eigenvalue weighted by atomic mass is 9.70. The molecule has 3 nitrogen and oxygen atoms in total. The average Bonchev–Trinajstić information content (AvgIpc) is 2.97. The number of ether oxygens (including phenoxy) is 1. The first-order valence-corrected chi connectivity index (χ1v) is 7.59. The minimum atomic E-state index is 0.252. The molecule has 4 atom stereocenters. The van der Waals surface area contributed by atoms with E-state index in [1.807, 2.05) is 30.3 Å². The van der Waals surface area contributed by atoms with Gasteiger partial charge in [0, 0.05) is 11.1 Å². The van der Waals surface area contributed by atoms with Gasteiger partial charge in [0.2, 0.25) is 0 Å². The number of fused-ring (bicyclic) bond motifs is 5. The van der Waals surface area contributed by atoms with Gasteiger partial charge in [0.25, 0.3) is 6.02 Å². The Hall–Kier alpha value is -1.51. The van der Waals surface area contributed by atoms with Gasteiger partial charge in [0.05, 0.1) is 6.04 Å². The van der Waals surface area contributed by atoms with Crippen molar-refractivity contribution >= 4 is 11.7 Å². The molecule has 0 spiro atoms. The SMILES string of the molecule is CC1(C)C2CCC1(C)C1OC(Nc3ccccc3)=NC21. The van der Waals surface area contributed by atoms with Crippen molar-refractivity contribution in [3.63, 3.8) is 0 Å². The highest BCUT2D eigenvalue weighted by molar-refractivity contribution is 5.90. The van der Waals surface area contributed by atoms with Crippen molar-refractivity contribution in [2.24, 2.45) is 21.7 Å². The molecule has 0 radical (unpaired) electrons. The Kier molecular flexibility index (Phi) is 2.31. The molecule has 4 unspecified atom stereocenters. The normalized spacial score (nSPS) is 40.1. The molecule has 2 fully saturated rings. The minimum Gasteiger partial charge on any atom is -0.459 e. The van der Waals surface area contributed by atoms with Gasteiger partial charge in [-0.1, -0.05) is 39.0 Å². The summed E-state index contributed by atoms with van der Waals surface area (Å²) in [5, 5.41) is 3.31. The molecule has 2 aliphatic carbocycles. The topological polar surface area (TPSA) is 33.6 Å². The lowest BCUT2D eigenvalue weighted by Crippen LogP contribution is -2.39. The van der Waals surface area contributed by atoms with Crippen LogP contribution in [-0.4, -0.2) is 18.2 Å². The van der Waals surface area contributed by atoms with Gasteiger partial charge in [0.1, 0.15) is 6.10 Å². The van der Waals surface area contributed by atoms with Crippen LogP contribution < -0.4 is 5.32 Å². The van der Waals surface area contributed by atoms with Crippen LogP contribution in [0.15, 0.2) is 35.3 Å². The molecule has 2 saturated carbocycles. The Balaban J connectivity index is 1.60. The van der Waals surface area contributed by atoms with Crippen LogP contribution in [0.2, 0.25) is 0 Å². The van der Waals surface area contributed by atoms with Crippen LogP contribution in [0.1, 0.15) is 33.6 Å². The highest BCUT2D eigenvalue weighted by Crippen LogP contribution is 2.67. The van der Waals surface area contributed by atoms with Gasteiger partial charge in [-0.2, -0.15) is 0 Å². The lowest BCUT2D eigenvalue weighted by molar-refractivity contribution is 0.0280. The van der Waals surface area contributed by atoms with Crippen molar-refractivity contribution in [3.05, 3.63) is 30.3 Å². The summed E-state index contributed by atoms with van der Waals surface area (Å²) in [6.07, 6.45) is 2.80. The number of benzene rings is 1. The average molecular weight is 270 g/mol. The largest absolute Gasteiger partial charge is 0.459 e. The number of nitrogens with one attached hydrogen (secondary N) is 1. The number of aliphatic imine (C=N–C) groups is 1. The Labute approximate surface area is 120 Å². The van der Waals surface area contributed by atoms with E-state index in [4.69, 9.17) is 9.73 Å². The molecule has 106 valence electrons. The smallest absolute Gasteiger partial charge is 0.289 e. The van der Waals surface area contributed by atoms with Gasteiger partial charge >= 0.3 is 0 Å². The summed E-state index contributed by atoms with van der Waals surface area (Å²) in [5.74, 6) is 0.660. The molecule has 4 rings (SSSR count). The Morgan fingerprint density at radius 1 is 1.20 bits per heavy atom. The Morgan fingerprint density at radius 2 is 1.95 bits per heavy atom. The van der Waals surface area contributed by atoms with Crippen LogP contribution in [0.3, 0.4) is 0 Å². The van der Waals surface area contributed by atoms with E-state index in [0.717, 1.165) is 5.69 Å². The first kappa shape index (κ1) is 12.2. The molecule has 1 aliphatic heterocycles. The maximum absolute atomic E-state index is 6.20. The molecule has 1 N–H and O–H groups in total. The molecule has 3 aliphatic rings. The second-order valence-corrected chi connectivity index (χ2v) is 7.24. The number of anilines is 1. The van der Waals surface area contributed by atoms with Crippen molar-refractivity contribution in [3.8, 4) is 0 Å². The van der Waals surface area contributed by atoms with E-state index in [1.54, 1.807) is 0 Å². The molecule has 1 heterocycles. The molecule has 0 aromatic heterocycles. The fourth-order valence-electron chi connectivity index (χ4n) is 4.61. The van der Waals surface area contributed by atoms with Crippen LogP contribution in [0.4, 0.5) is 5.69 Å². The first-order chi connectivity index (χ1) is 9.52. The Bertz CT molecular complexity index is 566. The van der Waals surface area contributed by atoms with Gasteiger partial charge in [-0.15, -0.1) is 0 Å². The van der Waals surface area contributed by atoms with Gasteiger partial charge in [-0.3, -0.25) is 0 Å². The van der Waals surface area contributed by atoms with Gasteiger partial charge in [0.15, 0.2) is 0 Å². The van der Waals surface area contributed by atoms with E-state index in [1.165, 1.54) is 12.8 Å². The lowest BCUT2D eigenvalue weighted by Gasteiger charge is -2.37. The third-order valence-electron chi connectivity index (χ3n) is 6.25. The van der Waals surface area contributed by atoms with Crippen LogP contribution in [0.25, 0.3) is 0 Å². The van der Waals surface area contributed by atoms with Gasteiger partial charge in [-0.05, 0) is 36.3 Å². The van der Waals surface area contributed by atoms with Gasteiger partial charge < -0.3 is 10.1 Å². The molecule has 0 saturated heterocycles. The van der Waals surface area contributed by atoms with E-state index in [2.05, 4.69) is 26.1 Å². The van der Waals surface area contributed by atoms with Crippen LogP contribution in [0.5, 0.6) is 0 Å². The summed E-state index contributed by atoms with van der Waals surface area (Å²) in [6, 6.07) is 11.2. The summed E-state index contributed by atoms with van der Waals surface area (Å²) < 4.78 is 6.20. The molecule has 2 bridgehead atoms. The third-order valence-corrected chi connectivity index (χ3v) is 6.25. The highest BCUT2D eigenvalue weighted by Gasteiger charge is 2.69. The molecule has 1 aromatic carbocycles. The number of amidine groups is 1. The second kappa shape index (κ2) is 3.78. The molecular formula is C17H22N2O. The maximum atomic E-state index is 6.20. The predicted molar refractivity (Wildman–Crippen MR) is 80.8 cm³/mol. The van der Waals surface area contributed by atoms with E-state index in [9.17, 15) is 0 Å². The molecule has 1 aromatic rings. The minimum absolute atomic E-state index is 0.252. The Morgan fingerprint density at radius 3 is 2.65 bits per heavy atom. The monoisotopic (exact) mass is 270 g/mol. The van der Waals surface area contributed by atoms with Crippen molar-refractivity contribution in [2.45, 2.75) is 45.8 Å². The summed E-state index contributed by atoms with van der Waals surface area (Å²) >= 11 is 0. The zero-order chi connectivity index (χ0) is 14.0. The van der Waals surface area contributed by atoms with Crippen molar-refractivity contribution in [1.29, 1.82) is 0 Å². The van der Waals surface area contributed by atoms with Crippen LogP contribution in [-0.2, 0) is 4.74 Å². The molecule has 0 amide bonds. The van der Waals surface area contributed by atoms with E-state index in [0.29, 0.717) is 23.4 Å². The standard InChI is InChI=1S/C17H22N2O/c1-16(2)12-9-10-17(16,3)14-13(12)19-15(20-14)18-11-7-5-4-6-8-11/h4-8,12-14H,9-10H2,1-3H3,(H,18,19). The second-order valence-electron chi connectivity index (χ2n) is 7.24. The molecular weight excluding hydrogens is 248 g/mol. The van der Waals surface area contributed by atoms with Crippen molar-refractivity contribution < 1.29 is 4.74 Å². The zero-order valence-corrected chi connectivity index (χ0v) is 12.4. The van der Waals surface area contributed by atoms with E-state index >= 15 is 0 Å². The number of hydrogen-bond acceptors (Lipinski definition) is 3. The molecule has 20 heavy (non-hydrogen) atoms. The summed E-state index contributed by atoms with van der Waals surface area (Å²) in [4.78, 5) is 4.85. The molecule has 3 heteroatoms. The van der Waals surface area contributed by atoms with Crippen LogP contribution in [0, 0.1) is 16.7 Å². The number of para-hydroxylation sites is 1. The number of hydrogen-bond donors (Lipinski definition) is 1.